The number of nitrogens with zero attached hydrogens (tertiary/aromatic N) is 5. The Morgan fingerprint density at radius 3 is 2.51 bits per heavy atom. The zero-order valence-electron chi connectivity index (χ0n) is 23.2. The second-order valence-electron chi connectivity index (χ2n) is 10.3. The lowest BCUT2D eigenvalue weighted by Crippen LogP contribution is -2.54. The Labute approximate surface area is 251 Å². The lowest BCUT2D eigenvalue weighted by molar-refractivity contribution is -0.126. The number of phenols is 1. The number of aromatic nitrogens is 3. The quantitative estimate of drug-likeness (QED) is 0.257. The van der Waals surface area contributed by atoms with Crippen LogP contribution in [0.25, 0.3) is 39.1 Å². The SMILES string of the molecule is C=CC(=O)N1CCN(c2nc(=O)n(-c3ccccc3-c3ccccc3)c3nc(-c4c(O)cccc4F)c(Cl)cc23)[C@@H](C)C1. The highest BCUT2D eigenvalue weighted by atomic mass is 35.5. The Morgan fingerprint density at radius 2 is 1.79 bits per heavy atom. The summed E-state index contributed by atoms with van der Waals surface area (Å²) in [5.41, 5.74) is 1.57. The molecule has 0 spiro atoms. The highest BCUT2D eigenvalue weighted by molar-refractivity contribution is 6.34. The molecule has 8 nitrogen and oxygen atoms in total. The van der Waals surface area contributed by atoms with Gasteiger partial charge in [0.25, 0.3) is 0 Å². The average Bonchev–Trinajstić information content (AvgIpc) is 3.01. The molecule has 1 aliphatic rings. The number of piperazine rings is 1. The number of carbonyl (C=O) groups is 1. The van der Waals surface area contributed by atoms with Crippen LogP contribution in [0.5, 0.6) is 5.75 Å². The summed E-state index contributed by atoms with van der Waals surface area (Å²) < 4.78 is 16.5. The number of hydrogen-bond acceptors (Lipinski definition) is 6. The number of carbonyl (C=O) groups excluding carboxylic acids is 1. The lowest BCUT2D eigenvalue weighted by atomic mass is 10.0. The minimum Gasteiger partial charge on any atom is -0.507 e. The van der Waals surface area contributed by atoms with Gasteiger partial charge in [-0.2, -0.15) is 4.98 Å². The summed E-state index contributed by atoms with van der Waals surface area (Å²) in [5.74, 6) is -0.863. The number of hydrogen-bond donors (Lipinski definition) is 1. The van der Waals surface area contributed by atoms with Crippen LogP contribution >= 0.6 is 11.6 Å². The molecule has 1 fully saturated rings. The highest BCUT2D eigenvalue weighted by Crippen LogP contribution is 2.39. The van der Waals surface area contributed by atoms with E-state index in [2.05, 4.69) is 11.6 Å². The van der Waals surface area contributed by atoms with E-state index in [-0.39, 0.29) is 39.6 Å². The number of halogens is 2. The summed E-state index contributed by atoms with van der Waals surface area (Å²) in [7, 11) is 0. The largest absolute Gasteiger partial charge is 0.507 e. The second kappa shape index (κ2) is 11.3. The van der Waals surface area contributed by atoms with Crippen LogP contribution in [0.3, 0.4) is 0 Å². The minimum absolute atomic E-state index is 0.0123. The Bertz CT molecular complexity index is 1930. The standard InChI is InChI=1S/C33H27ClFN5O3/c1-3-28(42)38-16-17-39(20(2)19-38)31-23-18-24(34)30(29-25(35)13-9-15-27(29)41)36-32(23)40(33(43)37-31)26-14-8-7-12-22(26)21-10-5-4-6-11-21/h3-15,18,20,41H,1,16-17,19H2,2H3/t20-/m0/s1. The van der Waals surface area contributed by atoms with Crippen molar-refractivity contribution in [3.05, 3.63) is 113 Å². The summed E-state index contributed by atoms with van der Waals surface area (Å²) >= 11 is 6.74. The van der Waals surface area contributed by atoms with Crippen molar-refractivity contribution in [2.24, 2.45) is 0 Å². The van der Waals surface area contributed by atoms with E-state index in [1.807, 2.05) is 60.4 Å². The van der Waals surface area contributed by atoms with Crippen LogP contribution in [-0.4, -0.2) is 56.1 Å². The van der Waals surface area contributed by atoms with Gasteiger partial charge in [-0.05, 0) is 42.8 Å². The number of fused-ring (bicyclic) bond motifs is 1. The van der Waals surface area contributed by atoms with Crippen LogP contribution in [0.15, 0.2) is 96.3 Å². The van der Waals surface area contributed by atoms with E-state index in [1.54, 1.807) is 17.0 Å². The van der Waals surface area contributed by atoms with Crippen molar-refractivity contribution in [1.29, 1.82) is 0 Å². The summed E-state index contributed by atoms with van der Waals surface area (Å²) in [6, 6.07) is 22.3. The number of para-hydroxylation sites is 1. The van der Waals surface area contributed by atoms with E-state index in [4.69, 9.17) is 16.6 Å². The molecule has 0 radical (unpaired) electrons. The first-order valence-corrected chi connectivity index (χ1v) is 14.1. The van der Waals surface area contributed by atoms with Crippen LogP contribution in [0, 0.1) is 5.82 Å². The zero-order chi connectivity index (χ0) is 30.2. The van der Waals surface area contributed by atoms with Crippen molar-refractivity contribution in [1.82, 2.24) is 19.4 Å². The van der Waals surface area contributed by atoms with E-state index >= 15 is 4.39 Å². The number of phenolic OH excluding ortho intramolecular Hbond substituents is 1. The Morgan fingerprint density at radius 1 is 1.05 bits per heavy atom. The Hall–Kier alpha value is -5.02. The van der Waals surface area contributed by atoms with Crippen molar-refractivity contribution in [3.8, 4) is 33.8 Å². The molecule has 1 amide bonds. The van der Waals surface area contributed by atoms with E-state index in [1.165, 1.54) is 28.8 Å². The minimum atomic E-state index is -0.710. The molecule has 0 bridgehead atoms. The van der Waals surface area contributed by atoms with Crippen LogP contribution in [0.1, 0.15) is 6.92 Å². The van der Waals surface area contributed by atoms with Gasteiger partial charge in [0, 0.05) is 31.2 Å². The fraction of sp³-hybridized carbons (Fsp3) is 0.152. The normalized spacial score (nSPS) is 15.1. The van der Waals surface area contributed by atoms with Crippen LogP contribution < -0.4 is 10.6 Å². The number of amides is 1. The van der Waals surface area contributed by atoms with Crippen molar-refractivity contribution >= 4 is 34.4 Å². The molecular weight excluding hydrogens is 569 g/mol. The summed E-state index contributed by atoms with van der Waals surface area (Å²) in [6.45, 7) is 6.73. The van der Waals surface area contributed by atoms with Crippen molar-refractivity contribution in [2.75, 3.05) is 24.5 Å². The van der Waals surface area contributed by atoms with Crippen molar-refractivity contribution in [2.45, 2.75) is 13.0 Å². The van der Waals surface area contributed by atoms with E-state index in [9.17, 15) is 14.7 Å². The fourth-order valence-corrected chi connectivity index (χ4v) is 5.84. The maximum atomic E-state index is 15.1. The maximum absolute atomic E-state index is 15.1. The maximum Gasteiger partial charge on any atom is 0.355 e. The summed E-state index contributed by atoms with van der Waals surface area (Å²) in [6.07, 6.45) is 1.28. The van der Waals surface area contributed by atoms with Crippen LogP contribution in [0.4, 0.5) is 10.2 Å². The first kappa shape index (κ1) is 28.1. The van der Waals surface area contributed by atoms with E-state index < -0.39 is 11.5 Å². The van der Waals surface area contributed by atoms with Crippen molar-refractivity contribution < 1.29 is 14.3 Å². The topological polar surface area (TPSA) is 91.6 Å². The monoisotopic (exact) mass is 595 g/mol. The molecule has 10 heteroatoms. The third-order valence-corrected chi connectivity index (χ3v) is 7.93. The zero-order valence-corrected chi connectivity index (χ0v) is 24.0. The summed E-state index contributed by atoms with van der Waals surface area (Å²) in [5, 5.41) is 11.1. The molecule has 0 unspecified atom stereocenters. The molecule has 1 saturated heterocycles. The number of anilines is 1. The van der Waals surface area contributed by atoms with Gasteiger partial charge in [-0.15, -0.1) is 0 Å². The van der Waals surface area contributed by atoms with Gasteiger partial charge in [-0.25, -0.2) is 18.7 Å². The van der Waals surface area contributed by atoms with Gasteiger partial charge in [0.05, 0.1) is 27.4 Å². The van der Waals surface area contributed by atoms with Gasteiger partial charge in [-0.1, -0.05) is 72.8 Å². The molecule has 1 atom stereocenters. The van der Waals surface area contributed by atoms with Gasteiger partial charge < -0.3 is 14.9 Å². The third kappa shape index (κ3) is 5.02. The molecule has 216 valence electrons. The number of benzene rings is 3. The predicted octanol–water partition coefficient (Wildman–Crippen LogP) is 5.84. The number of rotatable bonds is 5. The fourth-order valence-electron chi connectivity index (χ4n) is 5.60. The Kier molecular flexibility index (Phi) is 7.41. The van der Waals surface area contributed by atoms with Gasteiger partial charge in [0.15, 0.2) is 5.65 Å². The average molecular weight is 596 g/mol. The molecule has 1 N–H and O–H groups in total. The van der Waals surface area contributed by atoms with Gasteiger partial charge in [0.2, 0.25) is 5.91 Å². The number of aromatic hydroxyl groups is 1. The van der Waals surface area contributed by atoms with E-state index in [0.717, 1.165) is 11.1 Å². The molecule has 6 rings (SSSR count). The lowest BCUT2D eigenvalue weighted by Gasteiger charge is -2.40. The molecule has 1 aliphatic heterocycles. The Balaban J connectivity index is 1.64. The first-order chi connectivity index (χ1) is 20.8. The summed E-state index contributed by atoms with van der Waals surface area (Å²) in [4.78, 5) is 39.3. The molecule has 43 heavy (non-hydrogen) atoms. The smallest absolute Gasteiger partial charge is 0.355 e. The van der Waals surface area contributed by atoms with Gasteiger partial charge in [-0.3, -0.25) is 4.79 Å². The van der Waals surface area contributed by atoms with Crippen LogP contribution in [0.2, 0.25) is 5.02 Å². The predicted molar refractivity (Wildman–Crippen MR) is 166 cm³/mol. The number of pyridine rings is 1. The molecule has 3 heterocycles. The van der Waals surface area contributed by atoms with Crippen molar-refractivity contribution in [3.63, 3.8) is 0 Å². The van der Waals surface area contributed by atoms with Gasteiger partial charge >= 0.3 is 5.69 Å². The third-order valence-electron chi connectivity index (χ3n) is 7.65. The molecule has 0 saturated carbocycles. The molecule has 5 aromatic rings. The molecule has 3 aromatic carbocycles. The highest BCUT2D eigenvalue weighted by Gasteiger charge is 2.30. The molecule has 2 aromatic heterocycles. The molecular formula is C33H27ClFN5O3. The van der Waals surface area contributed by atoms with Crippen LogP contribution in [-0.2, 0) is 4.79 Å². The first-order valence-electron chi connectivity index (χ1n) is 13.7. The van der Waals surface area contributed by atoms with E-state index in [0.29, 0.717) is 36.5 Å². The molecule has 0 aliphatic carbocycles. The van der Waals surface area contributed by atoms with Gasteiger partial charge in [0.1, 0.15) is 17.4 Å². The second-order valence-corrected chi connectivity index (χ2v) is 10.7.